The standard InChI is InChI=1S/C33H30N2O7S/c1-4-40-27(36)20-42-24-16-14-21(15-17-24)18-26-31(37)35-30(23-12-9-13-25(19-23)39-3)28(32(38)41-5-2)29(34-33(35)43-26)22-10-7-6-8-11-22/h6-19,30H,4-5,20H2,1-3H3/t30-/m0/s1. The minimum absolute atomic E-state index is 0.166. The molecule has 0 fully saturated rings. The van der Waals surface area contributed by atoms with E-state index in [9.17, 15) is 14.4 Å². The van der Waals surface area contributed by atoms with Crippen LogP contribution in [0.3, 0.4) is 0 Å². The highest BCUT2D eigenvalue weighted by Gasteiger charge is 2.35. The monoisotopic (exact) mass is 598 g/mol. The number of fused-ring (bicyclic) bond motifs is 1. The number of hydrogen-bond donors (Lipinski definition) is 0. The molecule has 0 N–H and O–H groups in total. The molecule has 1 atom stereocenters. The van der Waals surface area contributed by atoms with E-state index in [0.717, 1.165) is 11.1 Å². The first-order chi connectivity index (χ1) is 20.9. The first-order valence-electron chi connectivity index (χ1n) is 13.7. The zero-order chi connectivity index (χ0) is 30.3. The number of hydrogen-bond acceptors (Lipinski definition) is 9. The van der Waals surface area contributed by atoms with Gasteiger partial charge in [-0.05, 0) is 55.3 Å². The van der Waals surface area contributed by atoms with E-state index in [0.29, 0.717) is 32.1 Å². The van der Waals surface area contributed by atoms with Crippen molar-refractivity contribution in [1.29, 1.82) is 0 Å². The van der Waals surface area contributed by atoms with E-state index >= 15 is 0 Å². The van der Waals surface area contributed by atoms with E-state index < -0.39 is 18.0 Å². The van der Waals surface area contributed by atoms with Gasteiger partial charge in [0.25, 0.3) is 5.56 Å². The number of aromatic nitrogens is 1. The van der Waals surface area contributed by atoms with Gasteiger partial charge in [0, 0.05) is 5.56 Å². The van der Waals surface area contributed by atoms with Gasteiger partial charge in [0.2, 0.25) is 0 Å². The molecule has 1 aliphatic rings. The molecule has 0 radical (unpaired) electrons. The SMILES string of the molecule is CCOC(=O)COc1ccc(C=c2sc3n(c2=O)[C@@H](c2cccc(OC)c2)C(C(=O)OCC)=C(c2ccccc2)N=3)cc1. The molecule has 1 aromatic heterocycles. The lowest BCUT2D eigenvalue weighted by Crippen LogP contribution is -2.40. The predicted octanol–water partition coefficient (Wildman–Crippen LogP) is 3.89. The quantitative estimate of drug-likeness (QED) is 0.255. The number of methoxy groups -OCH3 is 1. The molecule has 0 aliphatic carbocycles. The Bertz CT molecular complexity index is 1840. The van der Waals surface area contributed by atoms with Crippen molar-refractivity contribution in [3.8, 4) is 11.5 Å². The van der Waals surface area contributed by atoms with E-state index in [1.54, 1.807) is 61.9 Å². The third-order valence-electron chi connectivity index (χ3n) is 6.62. The van der Waals surface area contributed by atoms with Gasteiger partial charge in [-0.25, -0.2) is 14.6 Å². The van der Waals surface area contributed by atoms with Crippen molar-refractivity contribution in [2.75, 3.05) is 26.9 Å². The van der Waals surface area contributed by atoms with Crippen molar-refractivity contribution in [3.05, 3.63) is 121 Å². The summed E-state index contributed by atoms with van der Waals surface area (Å²) in [7, 11) is 1.56. The van der Waals surface area contributed by atoms with Crippen molar-refractivity contribution in [3.63, 3.8) is 0 Å². The van der Waals surface area contributed by atoms with Crippen molar-refractivity contribution in [2.45, 2.75) is 19.9 Å². The van der Waals surface area contributed by atoms with Crippen LogP contribution < -0.4 is 24.4 Å². The molecule has 0 bridgehead atoms. The summed E-state index contributed by atoms with van der Waals surface area (Å²) in [5.41, 5.74) is 2.58. The highest BCUT2D eigenvalue weighted by molar-refractivity contribution is 7.07. The molecule has 3 aromatic carbocycles. The number of carbonyl (C=O) groups is 2. The maximum absolute atomic E-state index is 14.0. The molecule has 4 aromatic rings. The lowest BCUT2D eigenvalue weighted by atomic mass is 9.93. The predicted molar refractivity (Wildman–Crippen MR) is 163 cm³/mol. The van der Waals surface area contributed by atoms with Gasteiger partial charge < -0.3 is 18.9 Å². The summed E-state index contributed by atoms with van der Waals surface area (Å²) in [6.45, 7) is 3.73. The average molecular weight is 599 g/mol. The Balaban J connectivity index is 1.65. The number of carbonyl (C=O) groups excluding carboxylic acids is 2. The fourth-order valence-electron chi connectivity index (χ4n) is 4.72. The number of rotatable bonds is 10. The molecular formula is C33H30N2O7S. The number of nitrogens with zero attached hydrogens (tertiary/aromatic N) is 2. The van der Waals surface area contributed by atoms with Gasteiger partial charge in [-0.3, -0.25) is 9.36 Å². The number of ether oxygens (including phenoxy) is 4. The molecule has 1 aliphatic heterocycles. The molecule has 10 heteroatoms. The van der Waals surface area contributed by atoms with Gasteiger partial charge in [0.1, 0.15) is 11.5 Å². The summed E-state index contributed by atoms with van der Waals surface area (Å²) in [4.78, 5) is 44.5. The maximum Gasteiger partial charge on any atom is 0.344 e. The Hall–Kier alpha value is -4.96. The number of benzene rings is 3. The lowest BCUT2D eigenvalue weighted by Gasteiger charge is -2.26. The summed E-state index contributed by atoms with van der Waals surface area (Å²) in [5.74, 6) is 0.0866. The minimum Gasteiger partial charge on any atom is -0.497 e. The summed E-state index contributed by atoms with van der Waals surface area (Å²) in [6.07, 6.45) is 1.76. The van der Waals surface area contributed by atoms with Crippen LogP contribution in [-0.2, 0) is 19.1 Å². The Kier molecular flexibility index (Phi) is 9.17. The van der Waals surface area contributed by atoms with Crippen LogP contribution in [0.2, 0.25) is 0 Å². The third kappa shape index (κ3) is 6.44. The fourth-order valence-corrected chi connectivity index (χ4v) is 5.72. The Morgan fingerprint density at radius 2 is 1.67 bits per heavy atom. The van der Waals surface area contributed by atoms with E-state index in [-0.39, 0.29) is 31.0 Å². The maximum atomic E-state index is 14.0. The number of thiazole rings is 1. The third-order valence-corrected chi connectivity index (χ3v) is 7.61. The normalized spacial score (nSPS) is 14.5. The first-order valence-corrected chi connectivity index (χ1v) is 14.6. The van der Waals surface area contributed by atoms with Crippen LogP contribution >= 0.6 is 11.3 Å². The van der Waals surface area contributed by atoms with E-state index in [4.69, 9.17) is 23.9 Å². The molecule has 2 heterocycles. The first kappa shape index (κ1) is 29.5. The lowest BCUT2D eigenvalue weighted by molar-refractivity contribution is -0.145. The Morgan fingerprint density at radius 3 is 2.37 bits per heavy atom. The summed E-state index contributed by atoms with van der Waals surface area (Å²) in [6, 6.07) is 22.9. The highest BCUT2D eigenvalue weighted by Crippen LogP contribution is 2.36. The van der Waals surface area contributed by atoms with E-state index in [1.807, 2.05) is 48.5 Å². The van der Waals surface area contributed by atoms with Crippen LogP contribution in [0.5, 0.6) is 11.5 Å². The van der Waals surface area contributed by atoms with Gasteiger partial charge in [0.15, 0.2) is 11.4 Å². The van der Waals surface area contributed by atoms with Gasteiger partial charge in [0.05, 0.1) is 42.2 Å². The van der Waals surface area contributed by atoms with Crippen LogP contribution in [0.1, 0.15) is 36.6 Å². The molecule has 9 nitrogen and oxygen atoms in total. The molecule has 0 saturated heterocycles. The highest BCUT2D eigenvalue weighted by atomic mass is 32.1. The minimum atomic E-state index is -0.804. The second-order valence-corrected chi connectivity index (χ2v) is 10.4. The zero-order valence-electron chi connectivity index (χ0n) is 23.9. The van der Waals surface area contributed by atoms with E-state index in [2.05, 4.69) is 0 Å². The molecule has 0 spiro atoms. The second-order valence-electron chi connectivity index (χ2n) is 9.37. The van der Waals surface area contributed by atoms with E-state index in [1.165, 1.54) is 11.3 Å². The second kappa shape index (κ2) is 13.3. The largest absolute Gasteiger partial charge is 0.497 e. The average Bonchev–Trinajstić information content (AvgIpc) is 3.34. The molecule has 220 valence electrons. The number of esters is 2. The van der Waals surface area contributed by atoms with Crippen LogP contribution in [0.4, 0.5) is 0 Å². The van der Waals surface area contributed by atoms with Gasteiger partial charge >= 0.3 is 11.9 Å². The summed E-state index contributed by atoms with van der Waals surface area (Å²) in [5, 5.41) is 0. The van der Waals surface area contributed by atoms with Gasteiger partial charge in [-0.2, -0.15) is 0 Å². The van der Waals surface area contributed by atoms with Gasteiger partial charge in [-0.1, -0.05) is 65.9 Å². The van der Waals surface area contributed by atoms with Crippen LogP contribution in [0, 0.1) is 0 Å². The van der Waals surface area contributed by atoms with Crippen LogP contribution in [-0.4, -0.2) is 43.4 Å². The van der Waals surface area contributed by atoms with Crippen molar-refractivity contribution < 1.29 is 28.5 Å². The van der Waals surface area contributed by atoms with Crippen LogP contribution in [0.25, 0.3) is 11.8 Å². The molecule has 5 rings (SSSR count). The van der Waals surface area contributed by atoms with Crippen LogP contribution in [0.15, 0.2) is 94.2 Å². The molecule has 0 saturated carbocycles. The Labute approximate surface area is 252 Å². The topological polar surface area (TPSA) is 105 Å². The molecule has 43 heavy (non-hydrogen) atoms. The molecule has 0 amide bonds. The zero-order valence-corrected chi connectivity index (χ0v) is 24.8. The Morgan fingerprint density at radius 1 is 0.930 bits per heavy atom. The molecular weight excluding hydrogens is 568 g/mol. The molecule has 0 unspecified atom stereocenters. The van der Waals surface area contributed by atoms with Gasteiger partial charge in [-0.15, -0.1) is 0 Å². The summed E-state index contributed by atoms with van der Waals surface area (Å²) < 4.78 is 23.3. The summed E-state index contributed by atoms with van der Waals surface area (Å²) >= 11 is 1.23. The fraction of sp³-hybridized carbons (Fsp3) is 0.212. The van der Waals surface area contributed by atoms with Crippen molar-refractivity contribution >= 4 is 35.0 Å². The van der Waals surface area contributed by atoms with Crippen molar-refractivity contribution in [1.82, 2.24) is 4.57 Å². The smallest absolute Gasteiger partial charge is 0.344 e. The van der Waals surface area contributed by atoms with Crippen molar-refractivity contribution in [2.24, 2.45) is 4.99 Å².